The lowest BCUT2D eigenvalue weighted by atomic mass is 10.0. The first-order chi connectivity index (χ1) is 15.4. The second-order valence-corrected chi connectivity index (χ2v) is 7.64. The van der Waals surface area contributed by atoms with E-state index in [9.17, 15) is 15.0 Å². The molecule has 0 spiro atoms. The van der Waals surface area contributed by atoms with Crippen molar-refractivity contribution in [1.29, 1.82) is 0 Å². The zero-order chi connectivity index (χ0) is 23.1. The van der Waals surface area contributed by atoms with E-state index >= 15 is 0 Å². The van der Waals surface area contributed by atoms with Crippen molar-refractivity contribution in [2.45, 2.75) is 39.0 Å². The second kappa shape index (κ2) is 10.5. The van der Waals surface area contributed by atoms with E-state index in [1.165, 1.54) is 6.07 Å². The van der Waals surface area contributed by atoms with Crippen LogP contribution in [0.3, 0.4) is 0 Å². The number of nitrogens with two attached hydrogens (primary N) is 1. The summed E-state index contributed by atoms with van der Waals surface area (Å²) in [5.74, 6) is -2.02. The Bertz CT molecular complexity index is 1180. The van der Waals surface area contributed by atoms with Gasteiger partial charge in [0.2, 0.25) is 0 Å². The van der Waals surface area contributed by atoms with Crippen molar-refractivity contribution >= 4 is 33.5 Å². The number of fused-ring (bicyclic) bond motifs is 2. The van der Waals surface area contributed by atoms with E-state index in [4.69, 9.17) is 10.8 Å². The average Bonchev–Trinajstić information content (AvgIpc) is 2.78. The Kier molecular flexibility index (Phi) is 7.49. The number of phenols is 2. The van der Waals surface area contributed by atoms with Crippen molar-refractivity contribution in [2.75, 3.05) is 5.73 Å². The van der Waals surface area contributed by atoms with Gasteiger partial charge in [-0.25, -0.2) is 9.78 Å². The minimum atomic E-state index is -1.31. The lowest BCUT2D eigenvalue weighted by Crippen LogP contribution is -2.00. The van der Waals surface area contributed by atoms with Gasteiger partial charge in [0.15, 0.2) is 0 Å². The number of rotatable bonds is 6. The Morgan fingerprint density at radius 2 is 1.47 bits per heavy atom. The summed E-state index contributed by atoms with van der Waals surface area (Å²) in [4.78, 5) is 15.4. The zero-order valence-electron chi connectivity index (χ0n) is 18.1. The first-order valence-electron chi connectivity index (χ1n) is 10.7. The Morgan fingerprint density at radius 3 is 2.03 bits per heavy atom. The molecule has 0 aliphatic heterocycles. The quantitative estimate of drug-likeness (QED) is 0.223. The van der Waals surface area contributed by atoms with Gasteiger partial charge >= 0.3 is 5.97 Å². The van der Waals surface area contributed by atoms with Crippen LogP contribution in [0.4, 0.5) is 5.69 Å². The molecule has 0 atom stereocenters. The van der Waals surface area contributed by atoms with Gasteiger partial charge in [0, 0.05) is 10.8 Å². The number of carboxylic acids is 1. The van der Waals surface area contributed by atoms with Crippen LogP contribution < -0.4 is 5.73 Å². The van der Waals surface area contributed by atoms with Crippen LogP contribution in [-0.4, -0.2) is 26.3 Å². The molecular formula is C26H28N2O4. The van der Waals surface area contributed by atoms with Crippen LogP contribution in [0.15, 0.2) is 60.7 Å². The molecule has 0 saturated carbocycles. The van der Waals surface area contributed by atoms with Gasteiger partial charge in [-0.1, -0.05) is 68.7 Å². The van der Waals surface area contributed by atoms with Gasteiger partial charge in [-0.3, -0.25) is 0 Å². The van der Waals surface area contributed by atoms with E-state index in [1.807, 2.05) is 48.5 Å². The van der Waals surface area contributed by atoms with Gasteiger partial charge in [0.05, 0.1) is 16.7 Å². The van der Waals surface area contributed by atoms with Crippen LogP contribution in [0.25, 0.3) is 21.8 Å². The molecule has 4 aromatic rings. The molecule has 4 rings (SSSR count). The second-order valence-electron chi connectivity index (χ2n) is 7.64. The average molecular weight is 433 g/mol. The summed E-state index contributed by atoms with van der Waals surface area (Å²) in [7, 11) is 0. The number of anilines is 1. The number of nitrogen functional groups attached to an aromatic ring is 1. The molecule has 0 radical (unpaired) electrons. The number of unbranched alkanes of at least 4 members (excludes halogenated alkanes) is 3. The van der Waals surface area contributed by atoms with Crippen molar-refractivity contribution in [1.82, 2.24) is 4.98 Å². The summed E-state index contributed by atoms with van der Waals surface area (Å²) < 4.78 is 0. The molecule has 1 heterocycles. The smallest absolute Gasteiger partial charge is 0.343 e. The van der Waals surface area contributed by atoms with Crippen molar-refractivity contribution in [3.63, 3.8) is 0 Å². The van der Waals surface area contributed by atoms with Crippen LogP contribution in [0.5, 0.6) is 11.5 Å². The predicted octanol–water partition coefficient (Wildman–Crippen LogP) is 5.89. The minimum Gasteiger partial charge on any atom is -0.507 e. The number of aryl methyl sites for hydroxylation is 1. The molecule has 0 bridgehead atoms. The molecule has 166 valence electrons. The number of carboxylic acid groups (broad SMARTS) is 1. The highest BCUT2D eigenvalue weighted by molar-refractivity contribution is 6.06. The molecule has 3 aromatic carbocycles. The molecule has 5 N–H and O–H groups in total. The SMILES string of the molecule is CCCCCCc1ccc(O)c(C(=O)O)c1O.Nc1c2ccccc2nc2ccccc12. The summed E-state index contributed by atoms with van der Waals surface area (Å²) in [6, 6.07) is 18.8. The number of aromatic carboxylic acids is 1. The van der Waals surface area contributed by atoms with Crippen molar-refractivity contribution < 1.29 is 20.1 Å². The molecule has 0 saturated heterocycles. The highest BCUT2D eigenvalue weighted by atomic mass is 16.4. The number of aromatic nitrogens is 1. The maximum Gasteiger partial charge on any atom is 0.343 e. The number of para-hydroxylation sites is 2. The van der Waals surface area contributed by atoms with Crippen molar-refractivity contribution in [3.8, 4) is 11.5 Å². The first-order valence-corrected chi connectivity index (χ1v) is 10.7. The molecule has 0 aliphatic rings. The summed E-state index contributed by atoms with van der Waals surface area (Å²) in [5, 5.41) is 30.0. The number of hydrogen-bond acceptors (Lipinski definition) is 5. The number of hydrogen-bond donors (Lipinski definition) is 4. The van der Waals surface area contributed by atoms with Crippen molar-refractivity contribution in [3.05, 3.63) is 71.8 Å². The van der Waals surface area contributed by atoms with Gasteiger partial charge in [-0.05, 0) is 36.6 Å². The number of nitrogens with zero attached hydrogens (tertiary/aromatic N) is 1. The standard InChI is InChI=1S/C13H10N2.C13H18O4/c14-13-9-5-1-3-7-11(9)15-12-8-4-2-6-10(12)13;1-2-3-4-5-6-9-7-8-10(14)11(12(9)15)13(16)17/h1-8H,(H2,14,15);7-8,14-15H,2-6H2,1H3,(H,16,17). The van der Waals surface area contributed by atoms with Crippen LogP contribution in [0.1, 0.15) is 48.5 Å². The third kappa shape index (κ3) is 5.09. The van der Waals surface area contributed by atoms with E-state index < -0.39 is 17.3 Å². The van der Waals surface area contributed by atoms with Gasteiger partial charge in [0.25, 0.3) is 0 Å². The Balaban J connectivity index is 0.000000181. The molecule has 1 aromatic heterocycles. The lowest BCUT2D eigenvalue weighted by Gasteiger charge is -2.08. The highest BCUT2D eigenvalue weighted by Crippen LogP contribution is 2.31. The van der Waals surface area contributed by atoms with E-state index in [2.05, 4.69) is 11.9 Å². The molecule has 0 unspecified atom stereocenters. The fourth-order valence-corrected chi connectivity index (χ4v) is 3.65. The Morgan fingerprint density at radius 1 is 0.875 bits per heavy atom. The van der Waals surface area contributed by atoms with E-state index in [0.717, 1.165) is 53.2 Å². The van der Waals surface area contributed by atoms with Crippen LogP contribution in [0.2, 0.25) is 0 Å². The van der Waals surface area contributed by atoms with Crippen LogP contribution in [0, 0.1) is 0 Å². The first kappa shape index (κ1) is 22.9. The molecule has 6 nitrogen and oxygen atoms in total. The Hall–Kier alpha value is -3.80. The van der Waals surface area contributed by atoms with E-state index in [-0.39, 0.29) is 5.75 Å². The summed E-state index contributed by atoms with van der Waals surface area (Å²) in [6.07, 6.45) is 4.85. The van der Waals surface area contributed by atoms with E-state index in [0.29, 0.717) is 12.0 Å². The van der Waals surface area contributed by atoms with Gasteiger partial charge in [-0.2, -0.15) is 0 Å². The third-order valence-electron chi connectivity index (χ3n) is 5.38. The molecule has 0 aliphatic carbocycles. The minimum absolute atomic E-state index is 0.311. The monoisotopic (exact) mass is 432 g/mol. The molecular weight excluding hydrogens is 404 g/mol. The summed E-state index contributed by atoms with van der Waals surface area (Å²) in [6.45, 7) is 2.11. The Labute approximate surface area is 187 Å². The lowest BCUT2D eigenvalue weighted by molar-refractivity contribution is 0.0690. The number of pyridine rings is 1. The number of benzene rings is 3. The summed E-state index contributed by atoms with van der Waals surface area (Å²) >= 11 is 0. The largest absolute Gasteiger partial charge is 0.507 e. The van der Waals surface area contributed by atoms with Gasteiger partial charge in [-0.15, -0.1) is 0 Å². The maximum atomic E-state index is 10.9. The zero-order valence-corrected chi connectivity index (χ0v) is 18.1. The number of aromatic hydroxyl groups is 2. The third-order valence-corrected chi connectivity index (χ3v) is 5.38. The molecule has 32 heavy (non-hydrogen) atoms. The molecule has 0 amide bonds. The predicted molar refractivity (Wildman–Crippen MR) is 128 cm³/mol. The van der Waals surface area contributed by atoms with E-state index in [1.54, 1.807) is 6.07 Å². The van der Waals surface area contributed by atoms with Crippen molar-refractivity contribution in [2.24, 2.45) is 0 Å². The van der Waals surface area contributed by atoms with Crippen LogP contribution in [-0.2, 0) is 6.42 Å². The topological polar surface area (TPSA) is 117 Å². The highest BCUT2D eigenvalue weighted by Gasteiger charge is 2.18. The summed E-state index contributed by atoms with van der Waals surface area (Å²) in [5.41, 5.74) is 9.01. The van der Waals surface area contributed by atoms with Gasteiger partial charge in [0.1, 0.15) is 17.1 Å². The normalized spacial score (nSPS) is 10.7. The van der Waals surface area contributed by atoms with Gasteiger partial charge < -0.3 is 21.1 Å². The molecule has 6 heteroatoms. The number of carbonyl (C=O) groups is 1. The van der Waals surface area contributed by atoms with Crippen LogP contribution >= 0.6 is 0 Å². The maximum absolute atomic E-state index is 10.9. The molecule has 0 fully saturated rings. The fourth-order valence-electron chi connectivity index (χ4n) is 3.65. The fraction of sp³-hybridized carbons (Fsp3) is 0.231.